The zero-order valence-electron chi connectivity index (χ0n) is 36.6. The van der Waals surface area contributed by atoms with Gasteiger partial charge in [-0.25, -0.2) is 0 Å². The summed E-state index contributed by atoms with van der Waals surface area (Å²) in [5.74, 6) is -6.46. The molecule has 9 N–H and O–H groups in total. The van der Waals surface area contributed by atoms with Gasteiger partial charge in [0.05, 0.1) is 63.4 Å². The third kappa shape index (κ3) is 18.6. The molecule has 0 aromatic carbocycles. The first kappa shape index (κ1) is 55.8. The molecule has 63 heavy (non-hydrogen) atoms. The first-order chi connectivity index (χ1) is 29.6. The van der Waals surface area contributed by atoms with Crippen LogP contribution in [0.5, 0.6) is 0 Å². The number of hydrogen-bond donors (Lipinski definition) is 9. The van der Waals surface area contributed by atoms with Crippen molar-refractivity contribution in [2.45, 2.75) is 185 Å². The van der Waals surface area contributed by atoms with E-state index in [0.717, 1.165) is 0 Å². The summed E-state index contributed by atoms with van der Waals surface area (Å²) in [5.41, 5.74) is 0. The van der Waals surface area contributed by atoms with E-state index in [2.05, 4.69) is 10.6 Å². The van der Waals surface area contributed by atoms with Gasteiger partial charge in [-0.3, -0.25) is 33.3 Å². The predicted octanol–water partition coefficient (Wildman–Crippen LogP) is -1.05. The Morgan fingerprint density at radius 3 is 1.68 bits per heavy atom. The van der Waals surface area contributed by atoms with Gasteiger partial charge < -0.3 is 79.1 Å². The van der Waals surface area contributed by atoms with E-state index in [-0.39, 0.29) is 38.5 Å². The Morgan fingerprint density at radius 1 is 0.651 bits per heavy atom. The molecule has 23 nitrogen and oxygen atoms in total. The summed E-state index contributed by atoms with van der Waals surface area (Å²) in [7, 11) is -5.00. The molecule has 0 bridgehead atoms. The monoisotopic (exact) mass is 930 g/mol. The maximum absolute atomic E-state index is 13.7. The standard InChI is InChI=1S/C39H67N2O21P/c1-7-20(43)13-27(45)40-33-37(62-31(49)14-21(44)8-2)35(51)26(59-38(33)52)18-56-39-34(41-28(46)15-22(9-3)57-29(47)11-5)36(24(19-63(53,54)55)25(17-42)60-39)61-32(50)16-23(10-4)58-30(48)12-6/h20-26,33-39,42-44,51-52H,7-19H2,1-6H3,(H,40,45)(H,41,46)(H2,53,54,55)/t20-,21-,22-,23-,24-,25?,26?,33?,34?,35-,36+,37-,38-,39-/m1/s1. The van der Waals surface area contributed by atoms with Gasteiger partial charge in [0, 0.05) is 18.8 Å². The molecule has 2 amide bonds. The van der Waals surface area contributed by atoms with Crippen LogP contribution in [0.1, 0.15) is 106 Å². The fourth-order valence-corrected chi connectivity index (χ4v) is 7.72. The Bertz CT molecular complexity index is 1530. The third-order valence-corrected chi connectivity index (χ3v) is 11.3. The van der Waals surface area contributed by atoms with Gasteiger partial charge in [-0.1, -0.05) is 41.5 Å². The number of aliphatic hydroxyl groups excluding tert-OH is 5. The molecule has 4 unspecified atom stereocenters. The van der Waals surface area contributed by atoms with Gasteiger partial charge in [0.25, 0.3) is 0 Å². The Hall–Kier alpha value is -3.35. The van der Waals surface area contributed by atoms with E-state index in [1.807, 2.05) is 0 Å². The second-order valence-corrected chi connectivity index (χ2v) is 17.1. The van der Waals surface area contributed by atoms with Gasteiger partial charge in [-0.05, 0) is 25.7 Å². The zero-order valence-corrected chi connectivity index (χ0v) is 37.5. The molecule has 0 aliphatic carbocycles. The Morgan fingerprint density at radius 2 is 1.16 bits per heavy atom. The SMILES string of the molecule is CCC(=O)O[C@H](CC)CC(=O)NC1[C@H](OCC2O[C@@H](O)C(NC(=O)C[C@H](O)CC)[C@@H](OC(=O)C[C@H](O)CC)[C@@H]2O)OC(CO)[C@@H](CP(=O)(O)O)[C@@H]1OC(=O)C[C@@H](CC)OC(=O)CC. The predicted molar refractivity (Wildman–Crippen MR) is 215 cm³/mol. The highest BCUT2D eigenvalue weighted by Gasteiger charge is 2.53. The van der Waals surface area contributed by atoms with Crippen LogP contribution in [0.3, 0.4) is 0 Å². The van der Waals surface area contributed by atoms with E-state index in [0.29, 0.717) is 0 Å². The van der Waals surface area contributed by atoms with Crippen LogP contribution >= 0.6 is 7.60 Å². The van der Waals surface area contributed by atoms with Gasteiger partial charge in [0.2, 0.25) is 11.8 Å². The minimum absolute atomic E-state index is 0.00108. The largest absolute Gasteiger partial charge is 0.462 e. The zero-order chi connectivity index (χ0) is 47.6. The molecule has 2 heterocycles. The molecule has 0 saturated carbocycles. The molecule has 0 radical (unpaired) electrons. The Kier molecular flexibility index (Phi) is 24.1. The minimum atomic E-state index is -5.00. The second kappa shape index (κ2) is 27.2. The average Bonchev–Trinajstić information content (AvgIpc) is 3.22. The average molecular weight is 931 g/mol. The van der Waals surface area contributed by atoms with Crippen molar-refractivity contribution in [3.8, 4) is 0 Å². The molecule has 364 valence electrons. The summed E-state index contributed by atoms with van der Waals surface area (Å²) in [6, 6.07) is -3.29. The summed E-state index contributed by atoms with van der Waals surface area (Å²) < 4.78 is 51.9. The summed E-state index contributed by atoms with van der Waals surface area (Å²) in [4.78, 5) is 97.2. The van der Waals surface area contributed by atoms with E-state index in [1.165, 1.54) is 6.92 Å². The van der Waals surface area contributed by atoms with Crippen molar-refractivity contribution in [2.24, 2.45) is 5.92 Å². The number of carbonyl (C=O) groups is 6. The van der Waals surface area contributed by atoms with Crippen LogP contribution in [0.25, 0.3) is 0 Å². The summed E-state index contributed by atoms with van der Waals surface area (Å²) in [6.07, 6.45) is -18.8. The lowest BCUT2D eigenvalue weighted by molar-refractivity contribution is -0.293. The fraction of sp³-hybridized carbons (Fsp3) is 0.846. The quantitative estimate of drug-likeness (QED) is 0.0284. The van der Waals surface area contributed by atoms with E-state index in [9.17, 15) is 68.7 Å². The third-order valence-electron chi connectivity index (χ3n) is 10.4. The molecule has 0 aromatic heterocycles. The fourth-order valence-electron chi connectivity index (χ4n) is 6.73. The molecule has 2 saturated heterocycles. The minimum Gasteiger partial charge on any atom is -0.462 e. The Labute approximate surface area is 365 Å². The van der Waals surface area contributed by atoms with Crippen molar-refractivity contribution in [2.75, 3.05) is 19.4 Å². The molecule has 2 fully saturated rings. The number of esters is 4. The van der Waals surface area contributed by atoms with Gasteiger partial charge >= 0.3 is 31.5 Å². The van der Waals surface area contributed by atoms with Crippen molar-refractivity contribution < 1.29 is 102 Å². The normalized spacial score (nSPS) is 28.1. The highest BCUT2D eigenvalue weighted by atomic mass is 31.2. The molecule has 0 aromatic rings. The van der Waals surface area contributed by atoms with Gasteiger partial charge in [0.15, 0.2) is 18.7 Å². The lowest BCUT2D eigenvalue weighted by Crippen LogP contribution is -2.67. The number of rotatable bonds is 26. The van der Waals surface area contributed by atoms with Gasteiger partial charge in [-0.15, -0.1) is 0 Å². The summed E-state index contributed by atoms with van der Waals surface area (Å²) >= 11 is 0. The number of amides is 2. The van der Waals surface area contributed by atoms with Crippen LogP contribution in [0, 0.1) is 5.92 Å². The van der Waals surface area contributed by atoms with Crippen LogP contribution in [0.2, 0.25) is 0 Å². The molecular weight excluding hydrogens is 863 g/mol. The van der Waals surface area contributed by atoms with Crippen molar-refractivity contribution in [1.82, 2.24) is 10.6 Å². The van der Waals surface area contributed by atoms with Crippen LogP contribution in [-0.2, 0) is 66.5 Å². The van der Waals surface area contributed by atoms with E-state index in [1.54, 1.807) is 34.6 Å². The van der Waals surface area contributed by atoms with Crippen LogP contribution in [0.15, 0.2) is 0 Å². The maximum Gasteiger partial charge on any atom is 0.326 e. The van der Waals surface area contributed by atoms with Crippen LogP contribution < -0.4 is 10.6 Å². The number of ether oxygens (including phenoxy) is 7. The Balaban J connectivity index is 2.59. The number of carbonyl (C=O) groups excluding carboxylic acids is 6. The van der Waals surface area contributed by atoms with Gasteiger partial charge in [-0.2, -0.15) is 0 Å². The van der Waals surface area contributed by atoms with Gasteiger partial charge in [0.1, 0.15) is 42.6 Å². The molecule has 24 heteroatoms. The topological polar surface area (TPSA) is 350 Å². The molecule has 2 aliphatic rings. The van der Waals surface area contributed by atoms with Crippen molar-refractivity contribution in [1.29, 1.82) is 0 Å². The molecular formula is C39H67N2O21P. The van der Waals surface area contributed by atoms with Crippen LogP contribution in [-0.4, -0.2) is 170 Å². The van der Waals surface area contributed by atoms with E-state index < -0.39 is 174 Å². The number of aliphatic hydroxyl groups is 5. The molecule has 2 aliphatic heterocycles. The molecule has 14 atom stereocenters. The molecule has 0 spiro atoms. The molecule has 2 rings (SSSR count). The maximum atomic E-state index is 13.7. The smallest absolute Gasteiger partial charge is 0.326 e. The lowest BCUT2D eigenvalue weighted by atomic mass is 9.88. The van der Waals surface area contributed by atoms with Crippen molar-refractivity contribution >= 4 is 43.3 Å². The second-order valence-electron chi connectivity index (χ2n) is 15.4. The number of hydrogen-bond acceptors (Lipinski definition) is 19. The van der Waals surface area contributed by atoms with E-state index in [4.69, 9.17) is 33.2 Å². The number of nitrogens with one attached hydrogen (secondary N) is 2. The van der Waals surface area contributed by atoms with Crippen molar-refractivity contribution in [3.05, 3.63) is 0 Å². The summed E-state index contributed by atoms with van der Waals surface area (Å²) in [6.45, 7) is 7.84. The summed E-state index contributed by atoms with van der Waals surface area (Å²) in [5, 5.41) is 58.1. The van der Waals surface area contributed by atoms with Crippen LogP contribution in [0.4, 0.5) is 0 Å². The first-order valence-electron chi connectivity index (χ1n) is 21.3. The highest BCUT2D eigenvalue weighted by molar-refractivity contribution is 7.51. The highest BCUT2D eigenvalue weighted by Crippen LogP contribution is 2.43. The first-order valence-corrected chi connectivity index (χ1v) is 23.1. The van der Waals surface area contributed by atoms with E-state index >= 15 is 0 Å². The lowest BCUT2D eigenvalue weighted by Gasteiger charge is -2.47. The van der Waals surface area contributed by atoms with Crippen molar-refractivity contribution in [3.63, 3.8) is 0 Å².